The van der Waals surface area contributed by atoms with Crippen molar-refractivity contribution in [3.8, 4) is 11.8 Å². The summed E-state index contributed by atoms with van der Waals surface area (Å²) < 4.78 is 14.8. The van der Waals surface area contributed by atoms with E-state index in [9.17, 15) is 4.39 Å². The molecule has 0 aromatic heterocycles. The molecule has 1 aliphatic carbocycles. The van der Waals surface area contributed by atoms with Crippen LogP contribution in [-0.4, -0.2) is 0 Å². The number of aryl methyl sites for hydroxylation is 2. The molecule has 3 aromatic carbocycles. The Balaban J connectivity index is 1.33. The SMILES string of the molecule is C=CCCC1CCC(CCc2ccc(C#Cc3ccc4cc(C)ccc4c3F)cc2)CC1. The topological polar surface area (TPSA) is 0 Å². The minimum absolute atomic E-state index is 0.231. The van der Waals surface area contributed by atoms with E-state index in [0.29, 0.717) is 10.9 Å². The molecule has 0 aliphatic heterocycles. The number of hydrogen-bond acceptors (Lipinski definition) is 0. The maximum absolute atomic E-state index is 14.8. The predicted molar refractivity (Wildman–Crippen MR) is 134 cm³/mol. The number of benzene rings is 3. The fraction of sp³-hybridized carbons (Fsp3) is 0.355. The van der Waals surface area contributed by atoms with E-state index >= 15 is 0 Å². The van der Waals surface area contributed by atoms with Gasteiger partial charge in [0.15, 0.2) is 0 Å². The lowest BCUT2D eigenvalue weighted by atomic mass is 9.78. The molecule has 0 N–H and O–H groups in total. The van der Waals surface area contributed by atoms with Crippen molar-refractivity contribution in [3.05, 3.63) is 95.3 Å². The minimum atomic E-state index is -0.231. The van der Waals surface area contributed by atoms with Gasteiger partial charge in [-0.1, -0.05) is 85.6 Å². The van der Waals surface area contributed by atoms with Crippen molar-refractivity contribution in [3.63, 3.8) is 0 Å². The molecule has 3 aromatic rings. The van der Waals surface area contributed by atoms with E-state index in [2.05, 4.69) is 48.8 Å². The molecule has 0 unspecified atom stereocenters. The van der Waals surface area contributed by atoms with Crippen molar-refractivity contribution < 1.29 is 4.39 Å². The standard InChI is InChI=1S/C31H33F/c1-3-4-5-24-7-9-25(10-8-24)11-12-26-13-15-27(16-14-26)17-18-28-19-20-29-22-23(2)6-21-30(29)31(28)32/h3,6,13-16,19-22,24-25H,1,4-5,7-12H2,2H3. The van der Waals surface area contributed by atoms with Gasteiger partial charge in [0.1, 0.15) is 5.82 Å². The van der Waals surface area contributed by atoms with Crippen LogP contribution in [0.1, 0.15) is 67.2 Å². The summed E-state index contributed by atoms with van der Waals surface area (Å²) in [5, 5.41) is 1.55. The molecule has 1 heteroatoms. The van der Waals surface area contributed by atoms with Gasteiger partial charge in [0, 0.05) is 10.9 Å². The van der Waals surface area contributed by atoms with Gasteiger partial charge >= 0.3 is 0 Å². The lowest BCUT2D eigenvalue weighted by Gasteiger charge is -2.28. The van der Waals surface area contributed by atoms with Crippen LogP contribution in [0.3, 0.4) is 0 Å². The zero-order chi connectivity index (χ0) is 22.3. The van der Waals surface area contributed by atoms with Crippen LogP contribution in [0.15, 0.2) is 67.3 Å². The Hall–Kier alpha value is -2.85. The molecule has 32 heavy (non-hydrogen) atoms. The van der Waals surface area contributed by atoms with Gasteiger partial charge in [0.05, 0.1) is 5.56 Å². The first-order chi connectivity index (χ1) is 15.6. The quantitative estimate of drug-likeness (QED) is 0.275. The van der Waals surface area contributed by atoms with Crippen molar-refractivity contribution in [2.24, 2.45) is 11.8 Å². The van der Waals surface area contributed by atoms with Gasteiger partial charge in [-0.2, -0.15) is 0 Å². The van der Waals surface area contributed by atoms with Gasteiger partial charge in [-0.25, -0.2) is 4.39 Å². The Morgan fingerprint density at radius 3 is 2.34 bits per heavy atom. The number of halogens is 1. The highest BCUT2D eigenvalue weighted by molar-refractivity contribution is 5.85. The second kappa shape index (κ2) is 10.6. The van der Waals surface area contributed by atoms with Crippen molar-refractivity contribution >= 4 is 10.8 Å². The third kappa shape index (κ3) is 5.68. The summed E-state index contributed by atoms with van der Waals surface area (Å²) in [6.07, 6.45) is 12.5. The van der Waals surface area contributed by atoms with Crippen LogP contribution in [0.4, 0.5) is 4.39 Å². The molecule has 1 aliphatic rings. The van der Waals surface area contributed by atoms with E-state index in [1.54, 1.807) is 6.07 Å². The van der Waals surface area contributed by atoms with E-state index in [4.69, 9.17) is 0 Å². The van der Waals surface area contributed by atoms with Crippen LogP contribution in [0.2, 0.25) is 0 Å². The van der Waals surface area contributed by atoms with Crippen molar-refractivity contribution in [2.75, 3.05) is 0 Å². The van der Waals surface area contributed by atoms with Crippen molar-refractivity contribution in [1.29, 1.82) is 0 Å². The van der Waals surface area contributed by atoms with Crippen LogP contribution in [-0.2, 0) is 6.42 Å². The van der Waals surface area contributed by atoms with E-state index < -0.39 is 0 Å². The molecule has 164 valence electrons. The fourth-order valence-electron chi connectivity index (χ4n) is 4.94. The number of rotatable bonds is 6. The van der Waals surface area contributed by atoms with E-state index in [0.717, 1.165) is 41.2 Å². The molecular formula is C31H33F. The molecule has 1 fully saturated rings. The van der Waals surface area contributed by atoms with E-state index in [1.165, 1.54) is 44.1 Å². The molecule has 0 atom stereocenters. The number of hydrogen-bond donors (Lipinski definition) is 0. The summed E-state index contributed by atoms with van der Waals surface area (Å²) in [5.74, 6) is 7.72. The molecule has 0 spiro atoms. The third-order valence-electron chi connectivity index (χ3n) is 6.99. The maximum Gasteiger partial charge on any atom is 0.146 e. The summed E-state index contributed by atoms with van der Waals surface area (Å²) in [5.41, 5.74) is 3.89. The summed E-state index contributed by atoms with van der Waals surface area (Å²) in [6.45, 7) is 5.87. The highest BCUT2D eigenvalue weighted by atomic mass is 19.1. The average Bonchev–Trinajstić information content (AvgIpc) is 2.82. The maximum atomic E-state index is 14.8. The van der Waals surface area contributed by atoms with Gasteiger partial charge in [0.2, 0.25) is 0 Å². The Labute approximate surface area is 192 Å². The highest BCUT2D eigenvalue weighted by Gasteiger charge is 2.20. The van der Waals surface area contributed by atoms with Crippen LogP contribution >= 0.6 is 0 Å². The fourth-order valence-corrected chi connectivity index (χ4v) is 4.94. The second-order valence-electron chi connectivity index (χ2n) is 9.39. The molecular weight excluding hydrogens is 391 g/mol. The molecule has 0 heterocycles. The lowest BCUT2D eigenvalue weighted by molar-refractivity contribution is 0.254. The molecule has 0 saturated heterocycles. The summed E-state index contributed by atoms with van der Waals surface area (Å²) in [4.78, 5) is 0. The van der Waals surface area contributed by atoms with E-state index in [-0.39, 0.29) is 5.82 Å². The average molecular weight is 425 g/mol. The van der Waals surface area contributed by atoms with Gasteiger partial charge in [-0.3, -0.25) is 0 Å². The largest absolute Gasteiger partial charge is 0.205 e. The Kier molecular flexibility index (Phi) is 7.43. The third-order valence-corrected chi connectivity index (χ3v) is 6.99. The molecule has 0 bridgehead atoms. The molecule has 4 rings (SSSR count). The predicted octanol–water partition coefficient (Wildman–Crippen LogP) is 8.39. The van der Waals surface area contributed by atoms with Crippen molar-refractivity contribution in [2.45, 2.75) is 58.3 Å². The summed E-state index contributed by atoms with van der Waals surface area (Å²) in [6, 6.07) is 18.0. The van der Waals surface area contributed by atoms with Crippen LogP contribution in [0.25, 0.3) is 10.8 Å². The summed E-state index contributed by atoms with van der Waals surface area (Å²) in [7, 11) is 0. The first-order valence-corrected chi connectivity index (χ1v) is 12.0. The first kappa shape index (κ1) is 22.3. The monoisotopic (exact) mass is 424 g/mol. The number of allylic oxidation sites excluding steroid dienone is 1. The van der Waals surface area contributed by atoms with Gasteiger partial charge < -0.3 is 0 Å². The van der Waals surface area contributed by atoms with Crippen molar-refractivity contribution in [1.82, 2.24) is 0 Å². The zero-order valence-electron chi connectivity index (χ0n) is 19.2. The Morgan fingerprint density at radius 2 is 1.62 bits per heavy atom. The minimum Gasteiger partial charge on any atom is -0.205 e. The summed E-state index contributed by atoms with van der Waals surface area (Å²) >= 11 is 0. The van der Waals surface area contributed by atoms with Gasteiger partial charge in [0.25, 0.3) is 0 Å². The second-order valence-corrected chi connectivity index (χ2v) is 9.39. The van der Waals surface area contributed by atoms with Crippen LogP contribution < -0.4 is 0 Å². The van der Waals surface area contributed by atoms with E-state index in [1.807, 2.05) is 31.2 Å². The van der Waals surface area contributed by atoms with Gasteiger partial charge in [-0.15, -0.1) is 6.58 Å². The smallest absolute Gasteiger partial charge is 0.146 e. The first-order valence-electron chi connectivity index (χ1n) is 12.0. The molecule has 0 amide bonds. The molecule has 1 saturated carbocycles. The lowest BCUT2D eigenvalue weighted by Crippen LogP contribution is -2.15. The Morgan fingerprint density at radius 1 is 0.906 bits per heavy atom. The van der Waals surface area contributed by atoms with Crippen LogP contribution in [0.5, 0.6) is 0 Å². The molecule has 0 radical (unpaired) electrons. The number of fused-ring (bicyclic) bond motifs is 1. The highest BCUT2D eigenvalue weighted by Crippen LogP contribution is 2.34. The zero-order valence-corrected chi connectivity index (χ0v) is 19.2. The Bertz CT molecular complexity index is 1120. The van der Waals surface area contributed by atoms with Crippen LogP contribution in [0, 0.1) is 36.4 Å². The normalized spacial score (nSPS) is 18.2. The molecule has 0 nitrogen and oxygen atoms in total. The van der Waals surface area contributed by atoms with Gasteiger partial charge in [-0.05, 0) is 73.6 Å².